The summed E-state index contributed by atoms with van der Waals surface area (Å²) in [6.45, 7) is 1.91. The fraction of sp³-hybridized carbons (Fsp3) is 0.214. The number of nitrogens with zero attached hydrogens (tertiary/aromatic N) is 1. The molecule has 1 heterocycles. The lowest BCUT2D eigenvalue weighted by molar-refractivity contribution is 0.587. The van der Waals surface area contributed by atoms with Crippen LogP contribution in [-0.4, -0.2) is 18.7 Å². The molecule has 0 aliphatic carbocycles. The maximum atomic E-state index is 12.3. The Morgan fingerprint density at radius 2 is 1.95 bits per heavy atom. The number of nitrogen functional groups attached to an aromatic ring is 1. The number of pyridine rings is 1. The SMILES string of the molecule is Cc1ccc(N)c(S(=O)(=O)CCn2ccccc2=O)c1. The molecule has 1 aromatic carbocycles. The molecule has 1 aromatic heterocycles. The van der Waals surface area contributed by atoms with Crippen molar-refractivity contribution in [2.45, 2.75) is 18.4 Å². The van der Waals surface area contributed by atoms with Crippen molar-refractivity contribution in [3.8, 4) is 0 Å². The summed E-state index contributed by atoms with van der Waals surface area (Å²) in [7, 11) is -3.51. The average Bonchev–Trinajstić information content (AvgIpc) is 2.40. The molecule has 2 rings (SSSR count). The van der Waals surface area contributed by atoms with Gasteiger partial charge in [0.15, 0.2) is 9.84 Å². The molecular weight excluding hydrogens is 276 g/mol. The first kappa shape index (κ1) is 14.3. The number of aryl methyl sites for hydroxylation is 2. The molecule has 0 aliphatic rings. The van der Waals surface area contributed by atoms with Crippen LogP contribution in [0.15, 0.2) is 52.3 Å². The van der Waals surface area contributed by atoms with Gasteiger partial charge in [-0.2, -0.15) is 0 Å². The van der Waals surface area contributed by atoms with Gasteiger partial charge in [0.1, 0.15) is 0 Å². The summed E-state index contributed by atoms with van der Waals surface area (Å²) in [4.78, 5) is 11.7. The highest BCUT2D eigenvalue weighted by Gasteiger charge is 2.18. The van der Waals surface area contributed by atoms with E-state index >= 15 is 0 Å². The number of aromatic nitrogens is 1. The molecule has 0 saturated carbocycles. The Bertz CT molecular complexity index is 779. The van der Waals surface area contributed by atoms with E-state index in [9.17, 15) is 13.2 Å². The van der Waals surface area contributed by atoms with Crippen molar-refractivity contribution in [3.63, 3.8) is 0 Å². The van der Waals surface area contributed by atoms with Crippen molar-refractivity contribution in [2.24, 2.45) is 0 Å². The Morgan fingerprint density at radius 1 is 1.20 bits per heavy atom. The molecule has 0 atom stereocenters. The van der Waals surface area contributed by atoms with Gasteiger partial charge in [0.25, 0.3) is 5.56 Å². The van der Waals surface area contributed by atoms with E-state index in [0.29, 0.717) is 0 Å². The minimum Gasteiger partial charge on any atom is -0.398 e. The molecular formula is C14H16N2O3S. The van der Waals surface area contributed by atoms with Crippen molar-refractivity contribution in [1.82, 2.24) is 4.57 Å². The molecule has 0 fully saturated rings. The van der Waals surface area contributed by atoms with E-state index in [1.807, 2.05) is 0 Å². The summed E-state index contributed by atoms with van der Waals surface area (Å²) in [6.07, 6.45) is 1.57. The van der Waals surface area contributed by atoms with Gasteiger partial charge in [-0.15, -0.1) is 0 Å². The highest BCUT2D eigenvalue weighted by molar-refractivity contribution is 7.91. The fourth-order valence-electron chi connectivity index (χ4n) is 1.88. The normalized spacial score (nSPS) is 11.4. The monoisotopic (exact) mass is 292 g/mol. The first-order valence-electron chi connectivity index (χ1n) is 6.14. The van der Waals surface area contributed by atoms with E-state index in [4.69, 9.17) is 5.73 Å². The first-order chi connectivity index (χ1) is 9.40. The number of anilines is 1. The Hall–Kier alpha value is -2.08. The van der Waals surface area contributed by atoms with Gasteiger partial charge in [-0.1, -0.05) is 12.1 Å². The lowest BCUT2D eigenvalue weighted by Crippen LogP contribution is -2.23. The maximum absolute atomic E-state index is 12.3. The smallest absolute Gasteiger partial charge is 0.250 e. The van der Waals surface area contributed by atoms with Crippen molar-refractivity contribution in [1.29, 1.82) is 0 Å². The second kappa shape index (κ2) is 5.50. The molecule has 0 amide bonds. The molecule has 0 aliphatic heterocycles. The van der Waals surface area contributed by atoms with Gasteiger partial charge >= 0.3 is 0 Å². The van der Waals surface area contributed by atoms with Crippen LogP contribution in [-0.2, 0) is 16.4 Å². The van der Waals surface area contributed by atoms with Crippen LogP contribution in [0.3, 0.4) is 0 Å². The molecule has 5 nitrogen and oxygen atoms in total. The maximum Gasteiger partial charge on any atom is 0.250 e. The molecule has 0 bridgehead atoms. The molecule has 0 unspecified atom stereocenters. The summed E-state index contributed by atoms with van der Waals surface area (Å²) in [5.74, 6) is -0.162. The lowest BCUT2D eigenvalue weighted by atomic mass is 10.2. The number of rotatable bonds is 4. The molecule has 2 N–H and O–H groups in total. The van der Waals surface area contributed by atoms with Gasteiger partial charge < -0.3 is 10.3 Å². The Morgan fingerprint density at radius 3 is 2.65 bits per heavy atom. The highest BCUT2D eigenvalue weighted by Crippen LogP contribution is 2.21. The van der Waals surface area contributed by atoms with E-state index in [1.165, 1.54) is 10.6 Å². The van der Waals surface area contributed by atoms with Crippen LogP contribution < -0.4 is 11.3 Å². The van der Waals surface area contributed by atoms with Crippen molar-refractivity contribution >= 4 is 15.5 Å². The Balaban J connectivity index is 2.26. The minimum absolute atomic E-state index is 0.107. The molecule has 20 heavy (non-hydrogen) atoms. The zero-order valence-corrected chi connectivity index (χ0v) is 11.9. The lowest BCUT2D eigenvalue weighted by Gasteiger charge is -2.09. The van der Waals surface area contributed by atoms with E-state index in [2.05, 4.69) is 0 Å². The first-order valence-corrected chi connectivity index (χ1v) is 7.80. The summed E-state index contributed by atoms with van der Waals surface area (Å²) in [6, 6.07) is 9.60. The topological polar surface area (TPSA) is 82.2 Å². The largest absolute Gasteiger partial charge is 0.398 e. The second-order valence-corrected chi connectivity index (χ2v) is 6.67. The summed E-state index contributed by atoms with van der Waals surface area (Å²) in [5.41, 5.74) is 6.57. The van der Waals surface area contributed by atoms with Crippen molar-refractivity contribution in [3.05, 3.63) is 58.5 Å². The molecule has 0 spiro atoms. The van der Waals surface area contributed by atoms with Gasteiger partial charge in [-0.25, -0.2) is 8.42 Å². The fourth-order valence-corrected chi connectivity index (χ4v) is 3.33. The second-order valence-electron chi connectivity index (χ2n) is 4.59. The summed E-state index contributed by atoms with van der Waals surface area (Å²) in [5, 5.41) is 0. The third-order valence-electron chi connectivity index (χ3n) is 3.00. The summed E-state index contributed by atoms with van der Waals surface area (Å²) < 4.78 is 26.0. The molecule has 6 heteroatoms. The summed E-state index contributed by atoms with van der Waals surface area (Å²) >= 11 is 0. The van der Waals surface area contributed by atoms with Crippen molar-refractivity contribution < 1.29 is 8.42 Å². The third kappa shape index (κ3) is 3.08. The van der Waals surface area contributed by atoms with Gasteiger partial charge in [0.05, 0.1) is 16.3 Å². The third-order valence-corrected chi connectivity index (χ3v) is 4.75. The zero-order chi connectivity index (χ0) is 14.8. The van der Waals surface area contributed by atoms with E-state index in [-0.39, 0.29) is 28.4 Å². The van der Waals surface area contributed by atoms with Gasteiger partial charge in [-0.3, -0.25) is 4.79 Å². The molecule has 0 radical (unpaired) electrons. The number of hydrogen-bond donors (Lipinski definition) is 1. The van der Waals surface area contributed by atoms with Gasteiger partial charge in [-0.05, 0) is 30.7 Å². The van der Waals surface area contributed by atoms with Crippen LogP contribution in [0.1, 0.15) is 5.56 Å². The van der Waals surface area contributed by atoms with Gasteiger partial charge in [0, 0.05) is 18.8 Å². The van der Waals surface area contributed by atoms with Crippen LogP contribution in [0, 0.1) is 6.92 Å². The Kier molecular flexibility index (Phi) is 3.94. The standard InChI is InChI=1S/C14H16N2O3S/c1-11-5-6-12(15)13(10-11)20(18,19)9-8-16-7-3-2-4-14(16)17/h2-7,10H,8-9,15H2,1H3. The predicted octanol–water partition coefficient (Wildman–Crippen LogP) is 1.21. The van der Waals surface area contributed by atoms with E-state index < -0.39 is 9.84 Å². The zero-order valence-electron chi connectivity index (χ0n) is 11.1. The van der Waals surface area contributed by atoms with Crippen LogP contribution >= 0.6 is 0 Å². The van der Waals surface area contributed by atoms with Gasteiger partial charge in [0.2, 0.25) is 0 Å². The quantitative estimate of drug-likeness (QED) is 0.859. The van der Waals surface area contributed by atoms with Crippen molar-refractivity contribution in [2.75, 3.05) is 11.5 Å². The predicted molar refractivity (Wildman–Crippen MR) is 78.3 cm³/mol. The number of hydrogen-bond acceptors (Lipinski definition) is 4. The average molecular weight is 292 g/mol. The van der Waals surface area contributed by atoms with Crippen LogP contribution in [0.4, 0.5) is 5.69 Å². The molecule has 2 aromatic rings. The van der Waals surface area contributed by atoms with Crippen LogP contribution in [0.25, 0.3) is 0 Å². The molecule has 106 valence electrons. The minimum atomic E-state index is -3.51. The Labute approximate surface area is 117 Å². The number of benzene rings is 1. The van der Waals surface area contributed by atoms with Crippen LogP contribution in [0.5, 0.6) is 0 Å². The van der Waals surface area contributed by atoms with E-state index in [0.717, 1.165) is 5.56 Å². The van der Waals surface area contributed by atoms with Crippen LogP contribution in [0.2, 0.25) is 0 Å². The number of nitrogens with two attached hydrogens (primary N) is 1. The highest BCUT2D eigenvalue weighted by atomic mass is 32.2. The molecule has 0 saturated heterocycles. The van der Waals surface area contributed by atoms with E-state index in [1.54, 1.807) is 43.5 Å². The number of sulfone groups is 1.